The van der Waals surface area contributed by atoms with Crippen molar-refractivity contribution in [1.82, 2.24) is 0 Å². The number of hydrogen-bond acceptors (Lipinski definition) is 6. The Bertz CT molecular complexity index is 916. The summed E-state index contributed by atoms with van der Waals surface area (Å²) in [4.78, 5) is 13.0. The minimum absolute atomic E-state index is 0.128. The lowest BCUT2D eigenvalue weighted by atomic mass is 10.2. The molecule has 0 amide bonds. The minimum atomic E-state index is -0.219. The molecular formula is C17H14O5S. The van der Waals surface area contributed by atoms with E-state index < -0.39 is 0 Å². The summed E-state index contributed by atoms with van der Waals surface area (Å²) < 4.78 is 16.2. The first-order valence-electron chi connectivity index (χ1n) is 6.78. The zero-order valence-corrected chi connectivity index (χ0v) is 13.3. The summed E-state index contributed by atoms with van der Waals surface area (Å²) in [7, 11) is 3.01. The van der Waals surface area contributed by atoms with Crippen molar-refractivity contribution < 1.29 is 19.0 Å². The van der Waals surface area contributed by atoms with Gasteiger partial charge in [-0.3, -0.25) is 4.79 Å². The topological polar surface area (TPSA) is 68.9 Å². The minimum Gasteiger partial charge on any atom is -0.507 e. The predicted octanol–water partition coefficient (Wildman–Crippen LogP) is 3.67. The molecule has 0 aliphatic rings. The molecule has 5 nitrogen and oxygen atoms in total. The molecule has 118 valence electrons. The van der Waals surface area contributed by atoms with Crippen molar-refractivity contribution in [1.29, 1.82) is 0 Å². The molecule has 0 aliphatic heterocycles. The fourth-order valence-corrected chi connectivity index (χ4v) is 3.02. The fourth-order valence-electron chi connectivity index (χ4n) is 2.19. The van der Waals surface area contributed by atoms with Crippen LogP contribution in [0.5, 0.6) is 17.2 Å². The van der Waals surface area contributed by atoms with Crippen molar-refractivity contribution in [2.75, 3.05) is 14.2 Å². The lowest BCUT2D eigenvalue weighted by Gasteiger charge is -2.09. The maximum atomic E-state index is 12.4. The number of hydrogen-bond donors (Lipinski definition) is 1. The summed E-state index contributed by atoms with van der Waals surface area (Å²) in [6.45, 7) is 0. The van der Waals surface area contributed by atoms with Crippen LogP contribution >= 0.6 is 11.8 Å². The molecule has 1 aromatic heterocycles. The molecule has 0 unspecified atom stereocenters. The zero-order valence-electron chi connectivity index (χ0n) is 12.5. The van der Waals surface area contributed by atoms with Gasteiger partial charge >= 0.3 is 0 Å². The van der Waals surface area contributed by atoms with Crippen molar-refractivity contribution in [3.8, 4) is 17.2 Å². The SMILES string of the molecule is COc1cc(OC)c2c(=O)cc(Sc3ccccc3O)oc2c1. The molecule has 0 fully saturated rings. The lowest BCUT2D eigenvalue weighted by Crippen LogP contribution is -2.03. The first-order chi connectivity index (χ1) is 11.1. The number of phenols is 1. The van der Waals surface area contributed by atoms with Crippen LogP contribution in [-0.2, 0) is 0 Å². The average Bonchev–Trinajstić information content (AvgIpc) is 2.55. The smallest absolute Gasteiger partial charge is 0.197 e. The van der Waals surface area contributed by atoms with Crippen LogP contribution in [0, 0.1) is 0 Å². The number of phenolic OH excluding ortho intramolecular Hbond substituents is 1. The van der Waals surface area contributed by atoms with Gasteiger partial charge in [0.1, 0.15) is 28.2 Å². The van der Waals surface area contributed by atoms with Gasteiger partial charge in [-0.05, 0) is 23.9 Å². The third-order valence-corrected chi connectivity index (χ3v) is 4.24. The van der Waals surface area contributed by atoms with Crippen molar-refractivity contribution >= 4 is 22.7 Å². The Kier molecular flexibility index (Phi) is 4.16. The molecule has 1 N–H and O–H groups in total. The van der Waals surface area contributed by atoms with E-state index in [-0.39, 0.29) is 11.2 Å². The first-order valence-corrected chi connectivity index (χ1v) is 7.59. The Balaban J connectivity index is 2.14. The first kappa shape index (κ1) is 15.3. The number of ether oxygens (including phenoxy) is 2. The van der Waals surface area contributed by atoms with E-state index in [2.05, 4.69) is 0 Å². The molecule has 0 radical (unpaired) electrons. The number of para-hydroxylation sites is 1. The number of benzene rings is 2. The maximum Gasteiger partial charge on any atom is 0.197 e. The van der Waals surface area contributed by atoms with Crippen LogP contribution in [0.3, 0.4) is 0 Å². The molecule has 0 aliphatic carbocycles. The predicted molar refractivity (Wildman–Crippen MR) is 87.8 cm³/mol. The van der Waals surface area contributed by atoms with Crippen LogP contribution in [0.25, 0.3) is 11.0 Å². The highest BCUT2D eigenvalue weighted by atomic mass is 32.2. The van der Waals surface area contributed by atoms with Crippen molar-refractivity contribution in [3.05, 3.63) is 52.7 Å². The summed E-state index contributed by atoms with van der Waals surface area (Å²) in [6.07, 6.45) is 0. The Hall–Kier alpha value is -2.60. The highest BCUT2D eigenvalue weighted by Gasteiger charge is 2.14. The van der Waals surface area contributed by atoms with Crippen LogP contribution in [0.4, 0.5) is 0 Å². The largest absolute Gasteiger partial charge is 0.507 e. The van der Waals surface area contributed by atoms with Gasteiger partial charge in [-0.1, -0.05) is 12.1 Å². The summed E-state index contributed by atoms with van der Waals surface area (Å²) in [5.41, 5.74) is 0.148. The Morgan fingerprint density at radius 3 is 2.57 bits per heavy atom. The summed E-state index contributed by atoms with van der Waals surface area (Å²) in [5.74, 6) is 1.05. The van der Waals surface area contributed by atoms with Gasteiger partial charge in [0.25, 0.3) is 0 Å². The molecule has 6 heteroatoms. The maximum absolute atomic E-state index is 12.4. The average molecular weight is 330 g/mol. The van der Waals surface area contributed by atoms with E-state index in [1.54, 1.807) is 36.4 Å². The second-order valence-corrected chi connectivity index (χ2v) is 5.75. The van der Waals surface area contributed by atoms with Gasteiger partial charge in [0, 0.05) is 18.2 Å². The Labute approximate surface area is 136 Å². The Morgan fingerprint density at radius 1 is 1.09 bits per heavy atom. The van der Waals surface area contributed by atoms with E-state index in [0.29, 0.717) is 32.5 Å². The van der Waals surface area contributed by atoms with Gasteiger partial charge < -0.3 is 19.0 Å². The summed E-state index contributed by atoms with van der Waals surface area (Å²) in [5, 5.41) is 10.6. The molecule has 1 heterocycles. The monoisotopic (exact) mass is 330 g/mol. The molecule has 0 atom stereocenters. The zero-order chi connectivity index (χ0) is 16.4. The van der Waals surface area contributed by atoms with Gasteiger partial charge in [-0.25, -0.2) is 0 Å². The highest BCUT2D eigenvalue weighted by molar-refractivity contribution is 7.99. The van der Waals surface area contributed by atoms with E-state index >= 15 is 0 Å². The lowest BCUT2D eigenvalue weighted by molar-refractivity contribution is 0.394. The van der Waals surface area contributed by atoms with Crippen molar-refractivity contribution in [3.63, 3.8) is 0 Å². The molecule has 3 aromatic rings. The quantitative estimate of drug-likeness (QED) is 0.787. The Morgan fingerprint density at radius 2 is 1.87 bits per heavy atom. The van der Waals surface area contributed by atoms with Crippen molar-refractivity contribution in [2.45, 2.75) is 9.99 Å². The molecule has 0 spiro atoms. The van der Waals surface area contributed by atoms with Crippen LogP contribution in [0.1, 0.15) is 0 Å². The van der Waals surface area contributed by atoms with E-state index in [0.717, 1.165) is 0 Å². The molecule has 0 saturated heterocycles. The van der Waals surface area contributed by atoms with E-state index in [1.807, 2.05) is 0 Å². The van der Waals surface area contributed by atoms with Crippen molar-refractivity contribution in [2.24, 2.45) is 0 Å². The van der Waals surface area contributed by atoms with Crippen LogP contribution < -0.4 is 14.9 Å². The standard InChI is InChI=1S/C17H14O5S/c1-20-10-7-13(21-2)17-12(19)9-16(22-14(17)8-10)23-15-6-4-3-5-11(15)18/h3-9,18H,1-2H3. The normalized spacial score (nSPS) is 10.7. The molecule has 0 bridgehead atoms. The van der Waals surface area contributed by atoms with Crippen LogP contribution in [0.15, 0.2) is 61.7 Å². The molecule has 0 saturated carbocycles. The van der Waals surface area contributed by atoms with Gasteiger partial charge in [0.2, 0.25) is 0 Å². The summed E-state index contributed by atoms with van der Waals surface area (Å²) >= 11 is 1.17. The van der Waals surface area contributed by atoms with E-state index in [4.69, 9.17) is 13.9 Å². The second-order valence-electron chi connectivity index (χ2n) is 4.70. The number of methoxy groups -OCH3 is 2. The molecular weight excluding hydrogens is 316 g/mol. The van der Waals surface area contributed by atoms with Gasteiger partial charge in [0.05, 0.1) is 19.1 Å². The van der Waals surface area contributed by atoms with Gasteiger partial charge in [-0.15, -0.1) is 0 Å². The highest BCUT2D eigenvalue weighted by Crippen LogP contribution is 2.36. The molecule has 3 rings (SSSR count). The fraction of sp³-hybridized carbons (Fsp3) is 0.118. The second kappa shape index (κ2) is 6.26. The molecule has 2 aromatic carbocycles. The molecule has 23 heavy (non-hydrogen) atoms. The number of aromatic hydroxyl groups is 1. The van der Waals surface area contributed by atoms with Crippen LogP contribution in [-0.4, -0.2) is 19.3 Å². The van der Waals surface area contributed by atoms with Gasteiger partial charge in [-0.2, -0.15) is 0 Å². The van der Waals surface area contributed by atoms with E-state index in [9.17, 15) is 9.90 Å². The van der Waals surface area contributed by atoms with Crippen LogP contribution in [0.2, 0.25) is 0 Å². The summed E-state index contributed by atoms with van der Waals surface area (Å²) in [6, 6.07) is 11.5. The van der Waals surface area contributed by atoms with E-state index in [1.165, 1.54) is 32.0 Å². The van der Waals surface area contributed by atoms with Gasteiger partial charge in [0.15, 0.2) is 10.5 Å². The third-order valence-electron chi connectivity index (χ3n) is 3.28. The number of rotatable bonds is 4. The third kappa shape index (κ3) is 2.98. The number of fused-ring (bicyclic) bond motifs is 1.